The Labute approximate surface area is 306 Å². The molecule has 0 saturated carbocycles. The van der Waals surface area contributed by atoms with Crippen LogP contribution >= 0.6 is 0 Å². The Balaban J connectivity index is 1.24. The van der Waals surface area contributed by atoms with Crippen LogP contribution in [0.25, 0.3) is 0 Å². The van der Waals surface area contributed by atoms with Gasteiger partial charge in [-0.15, -0.1) is 0 Å². The second-order valence-corrected chi connectivity index (χ2v) is 16.1. The van der Waals surface area contributed by atoms with Crippen LogP contribution in [0.2, 0.25) is 0 Å². The lowest BCUT2D eigenvalue weighted by Gasteiger charge is -2.26. The largest absolute Gasteiger partial charge is 0.354 e. The fraction of sp³-hybridized carbons (Fsp3) is 0.889. The third-order valence-corrected chi connectivity index (χ3v) is 9.63. The quantitative estimate of drug-likeness (QED) is 0.282. The molecule has 0 unspecified atom stereocenters. The summed E-state index contributed by atoms with van der Waals surface area (Å²) in [6, 6.07) is 0. The van der Waals surface area contributed by atoms with Crippen LogP contribution < -0.4 is 21.3 Å². The number of carbonyl (C=O) groups excluding carboxylic acids is 4. The Morgan fingerprint density at radius 2 is 0.769 bits per heavy atom. The molecule has 52 heavy (non-hydrogen) atoms. The number of fused-ring (bicyclic) bond motifs is 6. The highest BCUT2D eigenvalue weighted by Crippen LogP contribution is 2.40. The molecular weight excluding hydrogens is 680 g/mol. The van der Waals surface area contributed by atoms with Crippen molar-refractivity contribution >= 4 is 23.6 Å². The van der Waals surface area contributed by atoms with E-state index in [-0.39, 0.29) is 36.7 Å². The van der Waals surface area contributed by atoms with Crippen molar-refractivity contribution in [3.05, 3.63) is 0 Å². The van der Waals surface area contributed by atoms with Crippen molar-refractivity contribution in [1.82, 2.24) is 21.3 Å². The average Bonchev–Trinajstić information content (AvgIpc) is 3.75. The van der Waals surface area contributed by atoms with E-state index in [4.69, 9.17) is 37.9 Å². The third-order valence-electron chi connectivity index (χ3n) is 9.63. The van der Waals surface area contributed by atoms with Crippen LogP contribution in [0.1, 0.15) is 107 Å². The monoisotopic (exact) mass is 740 g/mol. The van der Waals surface area contributed by atoms with E-state index in [2.05, 4.69) is 21.3 Å². The van der Waals surface area contributed by atoms with Gasteiger partial charge >= 0.3 is 0 Å². The molecule has 0 aromatic heterocycles. The standard InChI is InChI=1S/C36H60N4O12/c1-33(2)45-21-19-39-23(41)15-11-9-14-18-38-32(44)30-28(50-36(7,8)52-30)26-22(46-34(3,4)48-26)20-40-24(42)16-12-10-13-17-37-31(43)29-27(25(21)47-33)49-35(5,6)51-29/h21-22,25-30H,9-20H2,1-8H3,(H,37,43)(H,38,44)(H,39,41)(H,40,42)/t21-,22-,25-,26-,27+,28+,29+,30+/m1/s1. The first kappa shape index (κ1) is 40.7. The van der Waals surface area contributed by atoms with Crippen molar-refractivity contribution in [3.8, 4) is 0 Å². The highest BCUT2D eigenvalue weighted by atomic mass is 16.8. The number of ether oxygens (including phenoxy) is 8. The molecule has 5 aliphatic rings. The summed E-state index contributed by atoms with van der Waals surface area (Å²) in [4.78, 5) is 52.5. The summed E-state index contributed by atoms with van der Waals surface area (Å²) in [7, 11) is 0. The Morgan fingerprint density at radius 3 is 1.15 bits per heavy atom. The summed E-state index contributed by atoms with van der Waals surface area (Å²) in [6.07, 6.45) is -1.44. The van der Waals surface area contributed by atoms with Gasteiger partial charge in [-0.2, -0.15) is 0 Å². The van der Waals surface area contributed by atoms with E-state index < -0.39 is 72.0 Å². The maximum absolute atomic E-state index is 13.4. The first-order valence-electron chi connectivity index (χ1n) is 18.9. The summed E-state index contributed by atoms with van der Waals surface area (Å²) in [5.41, 5.74) is 0. The minimum Gasteiger partial charge on any atom is -0.354 e. The first-order chi connectivity index (χ1) is 24.3. The van der Waals surface area contributed by atoms with Gasteiger partial charge in [0.05, 0.1) is 0 Å². The smallest absolute Gasteiger partial charge is 0.252 e. The molecule has 296 valence electrons. The van der Waals surface area contributed by atoms with Crippen LogP contribution in [-0.4, -0.2) is 122 Å². The molecule has 16 heteroatoms. The lowest BCUT2D eigenvalue weighted by molar-refractivity contribution is -0.175. The number of nitrogens with one attached hydrogen (secondary N) is 4. The predicted molar refractivity (Wildman–Crippen MR) is 184 cm³/mol. The van der Waals surface area contributed by atoms with E-state index in [0.717, 1.165) is 0 Å². The van der Waals surface area contributed by atoms with Crippen LogP contribution in [0, 0.1) is 0 Å². The summed E-state index contributed by atoms with van der Waals surface area (Å²) in [5, 5.41) is 11.8. The molecule has 5 heterocycles. The van der Waals surface area contributed by atoms with E-state index >= 15 is 0 Å². The molecular formula is C36H60N4O12. The normalized spacial score (nSPS) is 37.8. The lowest BCUT2D eigenvalue weighted by Crippen LogP contribution is -2.51. The molecule has 0 bridgehead atoms. The summed E-state index contributed by atoms with van der Waals surface area (Å²) in [6.45, 7) is 15.2. The highest BCUT2D eigenvalue weighted by Gasteiger charge is 2.57. The van der Waals surface area contributed by atoms with Gasteiger partial charge in [0.2, 0.25) is 11.8 Å². The zero-order valence-electron chi connectivity index (χ0n) is 32.0. The van der Waals surface area contributed by atoms with Crippen molar-refractivity contribution in [2.45, 2.75) is 179 Å². The van der Waals surface area contributed by atoms with Crippen molar-refractivity contribution in [2.75, 3.05) is 26.2 Å². The van der Waals surface area contributed by atoms with Gasteiger partial charge in [0.15, 0.2) is 35.4 Å². The minimum atomic E-state index is -1.04. The van der Waals surface area contributed by atoms with Gasteiger partial charge in [-0.25, -0.2) is 0 Å². The van der Waals surface area contributed by atoms with E-state index in [1.54, 1.807) is 55.4 Å². The second kappa shape index (κ2) is 16.5. The molecule has 0 spiro atoms. The molecule has 0 aliphatic carbocycles. The fourth-order valence-electron chi connectivity index (χ4n) is 7.47. The van der Waals surface area contributed by atoms with Crippen LogP contribution in [0.15, 0.2) is 0 Å². The molecule has 5 fully saturated rings. The van der Waals surface area contributed by atoms with Gasteiger partial charge < -0.3 is 59.2 Å². The molecule has 16 nitrogen and oxygen atoms in total. The topological polar surface area (TPSA) is 190 Å². The molecule has 5 aliphatic heterocycles. The van der Waals surface area contributed by atoms with Gasteiger partial charge in [-0.3, -0.25) is 19.2 Å². The maximum atomic E-state index is 13.4. The number of rotatable bonds is 0. The third kappa shape index (κ3) is 10.8. The average molecular weight is 741 g/mol. The van der Waals surface area contributed by atoms with Crippen molar-refractivity contribution in [1.29, 1.82) is 0 Å². The Kier molecular flexibility index (Phi) is 12.9. The second-order valence-electron chi connectivity index (χ2n) is 16.1. The van der Waals surface area contributed by atoms with Crippen LogP contribution in [0.3, 0.4) is 0 Å². The molecule has 5 saturated heterocycles. The summed E-state index contributed by atoms with van der Waals surface area (Å²) >= 11 is 0. The summed E-state index contributed by atoms with van der Waals surface area (Å²) < 4.78 is 49.2. The number of hydrogen-bond donors (Lipinski definition) is 4. The van der Waals surface area contributed by atoms with Gasteiger partial charge in [0, 0.05) is 39.0 Å². The van der Waals surface area contributed by atoms with E-state index in [9.17, 15) is 19.2 Å². The molecule has 5 rings (SSSR count). The molecule has 4 amide bonds. The van der Waals surface area contributed by atoms with Crippen molar-refractivity contribution in [3.63, 3.8) is 0 Å². The molecule has 4 N–H and O–H groups in total. The number of amides is 4. The maximum Gasteiger partial charge on any atom is 0.252 e. The summed E-state index contributed by atoms with van der Waals surface area (Å²) in [5.74, 6) is -4.94. The SMILES string of the molecule is CC1(C)O[C@H]2[C@@H]3OC(C)(C)O[C@@H]3CNC(=O)CCCCCNC(=O)[C@H]3OC(C)(C)O[C@H]3[C@@H]3OC(C)(C)O[C@@H]3CNC(=O)CCCCCNC(=O)[C@H]2O1. The van der Waals surface area contributed by atoms with Gasteiger partial charge in [-0.1, -0.05) is 12.8 Å². The lowest BCUT2D eigenvalue weighted by atomic mass is 10.0. The molecule has 0 aromatic carbocycles. The van der Waals surface area contributed by atoms with Gasteiger partial charge in [-0.05, 0) is 81.1 Å². The predicted octanol–water partition coefficient (Wildman–Crippen LogP) is 1.67. The van der Waals surface area contributed by atoms with Gasteiger partial charge in [0.1, 0.15) is 36.6 Å². The van der Waals surface area contributed by atoms with Gasteiger partial charge in [0.25, 0.3) is 11.8 Å². The van der Waals surface area contributed by atoms with E-state index in [0.29, 0.717) is 64.5 Å². The minimum absolute atomic E-state index is 0.142. The Hall–Kier alpha value is -2.44. The molecule has 0 aromatic rings. The zero-order chi connectivity index (χ0) is 37.9. The van der Waals surface area contributed by atoms with Crippen LogP contribution in [0.4, 0.5) is 0 Å². The van der Waals surface area contributed by atoms with E-state index in [1.165, 1.54) is 0 Å². The van der Waals surface area contributed by atoms with Crippen molar-refractivity contribution in [2.24, 2.45) is 0 Å². The molecule has 8 atom stereocenters. The van der Waals surface area contributed by atoms with Crippen LogP contribution in [-0.2, 0) is 57.1 Å². The molecule has 0 radical (unpaired) electrons. The number of hydrogen-bond acceptors (Lipinski definition) is 12. The first-order valence-corrected chi connectivity index (χ1v) is 18.9. The Morgan fingerprint density at radius 1 is 0.423 bits per heavy atom. The fourth-order valence-corrected chi connectivity index (χ4v) is 7.47. The Bertz CT molecular complexity index is 1200. The number of carbonyl (C=O) groups is 4. The zero-order valence-corrected chi connectivity index (χ0v) is 32.0. The van der Waals surface area contributed by atoms with Crippen LogP contribution in [0.5, 0.6) is 0 Å². The van der Waals surface area contributed by atoms with Crippen molar-refractivity contribution < 1.29 is 57.1 Å². The van der Waals surface area contributed by atoms with E-state index in [1.807, 2.05) is 0 Å². The highest BCUT2D eigenvalue weighted by molar-refractivity contribution is 5.82.